The van der Waals surface area contributed by atoms with Crippen LogP contribution in [0.1, 0.15) is 51.3 Å². The van der Waals surface area contributed by atoms with Crippen LogP contribution < -0.4 is 0 Å². The van der Waals surface area contributed by atoms with Crippen molar-refractivity contribution in [1.82, 2.24) is 0 Å². The van der Waals surface area contributed by atoms with Gasteiger partial charge in [-0.25, -0.2) is 0 Å². The van der Waals surface area contributed by atoms with Crippen molar-refractivity contribution >= 4 is 22.9 Å². The van der Waals surface area contributed by atoms with Gasteiger partial charge in [-0.2, -0.15) is 0 Å². The Morgan fingerprint density at radius 3 is 2.05 bits per heavy atom. The molecule has 2 aromatic carbocycles. The maximum absolute atomic E-state index is 3.91. The minimum atomic E-state index is 1.02. The van der Waals surface area contributed by atoms with E-state index < -0.39 is 0 Å². The molecule has 2 rings (SSSR count). The Bertz CT molecular complexity index is 547. The molecule has 0 unspecified atom stereocenters. The maximum atomic E-state index is 3.91. The molecule has 0 amide bonds. The third-order valence-electron chi connectivity index (χ3n) is 3.01. The predicted molar refractivity (Wildman–Crippen MR) is 96.2 cm³/mol. The van der Waals surface area contributed by atoms with E-state index in [1.54, 1.807) is 0 Å². The van der Waals surface area contributed by atoms with E-state index in [0.717, 1.165) is 6.42 Å². The quantitative estimate of drug-likeness (QED) is 0.578. The summed E-state index contributed by atoms with van der Waals surface area (Å²) in [4.78, 5) is 0. The van der Waals surface area contributed by atoms with Gasteiger partial charge in [-0.15, -0.1) is 0 Å². The average molecular weight is 268 g/mol. The fraction of sp³-hybridized carbons (Fsp3) is 0.300. The highest BCUT2D eigenvalue weighted by molar-refractivity contribution is 5.92. The van der Waals surface area contributed by atoms with Crippen molar-refractivity contribution in [3.63, 3.8) is 0 Å². The van der Waals surface area contributed by atoms with Crippen molar-refractivity contribution < 1.29 is 0 Å². The van der Waals surface area contributed by atoms with Crippen LogP contribution in [-0.4, -0.2) is 0 Å². The van der Waals surface area contributed by atoms with Gasteiger partial charge in [0.15, 0.2) is 0 Å². The molecule has 0 aliphatic carbocycles. The second-order valence-corrected chi connectivity index (χ2v) is 3.84. The number of hydrogen-bond acceptors (Lipinski definition) is 0. The van der Waals surface area contributed by atoms with Gasteiger partial charge in [-0.05, 0) is 39.9 Å². The van der Waals surface area contributed by atoms with E-state index in [2.05, 4.69) is 50.4 Å². The van der Waals surface area contributed by atoms with Crippen LogP contribution in [0.15, 0.2) is 43.5 Å². The number of aryl methyl sites for hydroxylation is 1. The summed E-state index contributed by atoms with van der Waals surface area (Å²) in [5, 5.41) is 2.60. The molecule has 0 fully saturated rings. The van der Waals surface area contributed by atoms with Gasteiger partial charge >= 0.3 is 0 Å². The van der Waals surface area contributed by atoms with Gasteiger partial charge < -0.3 is 0 Å². The minimum absolute atomic E-state index is 1.02. The molecule has 0 N–H and O–H groups in total. The smallest absolute Gasteiger partial charge is 0.0146 e. The molecule has 0 heteroatoms. The van der Waals surface area contributed by atoms with Gasteiger partial charge in [0.25, 0.3) is 0 Å². The lowest BCUT2D eigenvalue weighted by Crippen LogP contribution is -1.92. The topological polar surface area (TPSA) is 0 Å². The second kappa shape index (κ2) is 10.0. The highest BCUT2D eigenvalue weighted by Gasteiger charge is 2.07. The van der Waals surface area contributed by atoms with Gasteiger partial charge in [0.1, 0.15) is 0 Å². The summed E-state index contributed by atoms with van der Waals surface area (Å²) in [6.07, 6.45) is 4.86. The van der Waals surface area contributed by atoms with Gasteiger partial charge in [0.2, 0.25) is 0 Å². The van der Waals surface area contributed by atoms with Gasteiger partial charge in [0.05, 0.1) is 0 Å². The Hall–Kier alpha value is -1.82. The van der Waals surface area contributed by atoms with Crippen molar-refractivity contribution in [3.05, 3.63) is 60.2 Å². The Balaban J connectivity index is 0.000000829. The third kappa shape index (κ3) is 3.84. The molecule has 20 heavy (non-hydrogen) atoms. The van der Waals surface area contributed by atoms with E-state index in [0.29, 0.717) is 0 Å². The highest BCUT2D eigenvalue weighted by Crippen LogP contribution is 2.28. The van der Waals surface area contributed by atoms with Crippen molar-refractivity contribution in [2.24, 2.45) is 0 Å². The van der Waals surface area contributed by atoms with E-state index in [1.807, 2.05) is 39.8 Å². The summed E-state index contributed by atoms with van der Waals surface area (Å²) in [6.45, 7) is 18.0. The van der Waals surface area contributed by atoms with E-state index in [4.69, 9.17) is 0 Å². The summed E-state index contributed by atoms with van der Waals surface area (Å²) in [5.74, 6) is 0. The maximum Gasteiger partial charge on any atom is -0.0146 e. The molecule has 0 atom stereocenters. The Morgan fingerprint density at radius 2 is 1.55 bits per heavy atom. The molecule has 0 heterocycles. The van der Waals surface area contributed by atoms with Crippen LogP contribution in [0.2, 0.25) is 0 Å². The van der Waals surface area contributed by atoms with E-state index in [-0.39, 0.29) is 0 Å². The van der Waals surface area contributed by atoms with Crippen LogP contribution in [0.25, 0.3) is 22.9 Å². The summed E-state index contributed by atoms with van der Waals surface area (Å²) < 4.78 is 0. The SMILES string of the molecule is C=Cc1cc2ccccc2c(CC)c1C=C.CC.CC. The molecule has 0 saturated heterocycles. The lowest BCUT2D eigenvalue weighted by Gasteiger charge is -2.12. The van der Waals surface area contributed by atoms with Crippen LogP contribution >= 0.6 is 0 Å². The van der Waals surface area contributed by atoms with Crippen molar-refractivity contribution in [2.75, 3.05) is 0 Å². The predicted octanol–water partition coefficient (Wildman–Crippen LogP) is 6.74. The molecule has 0 spiro atoms. The van der Waals surface area contributed by atoms with Crippen LogP contribution in [0.5, 0.6) is 0 Å². The van der Waals surface area contributed by atoms with Gasteiger partial charge in [-0.1, -0.05) is 84.2 Å². The van der Waals surface area contributed by atoms with Gasteiger partial charge in [0, 0.05) is 0 Å². The molecule has 0 aliphatic rings. The zero-order chi connectivity index (χ0) is 15.5. The largest absolute Gasteiger partial charge is 0.0984 e. The Morgan fingerprint density at radius 1 is 0.950 bits per heavy atom. The zero-order valence-electron chi connectivity index (χ0n) is 13.7. The van der Waals surface area contributed by atoms with Crippen LogP contribution in [0.4, 0.5) is 0 Å². The molecular weight excluding hydrogens is 240 g/mol. The lowest BCUT2D eigenvalue weighted by atomic mass is 9.92. The second-order valence-electron chi connectivity index (χ2n) is 3.84. The summed E-state index contributed by atoms with van der Waals surface area (Å²) in [6, 6.07) is 10.7. The molecule has 0 radical (unpaired) electrons. The number of hydrogen-bond donors (Lipinski definition) is 0. The lowest BCUT2D eigenvalue weighted by molar-refractivity contribution is 1.15. The minimum Gasteiger partial charge on any atom is -0.0984 e. The Kier molecular flexibility index (Phi) is 9.11. The van der Waals surface area contributed by atoms with Gasteiger partial charge in [-0.3, -0.25) is 0 Å². The number of rotatable bonds is 3. The first-order chi connectivity index (χ1) is 9.81. The summed E-state index contributed by atoms with van der Waals surface area (Å²) >= 11 is 0. The van der Waals surface area contributed by atoms with Crippen LogP contribution in [0, 0.1) is 0 Å². The molecule has 0 aromatic heterocycles. The van der Waals surface area contributed by atoms with Crippen molar-refractivity contribution in [2.45, 2.75) is 41.0 Å². The van der Waals surface area contributed by atoms with Crippen molar-refractivity contribution in [3.8, 4) is 0 Å². The fourth-order valence-corrected chi connectivity index (χ4v) is 2.25. The van der Waals surface area contributed by atoms with Crippen molar-refractivity contribution in [1.29, 1.82) is 0 Å². The number of fused-ring (bicyclic) bond motifs is 1. The normalized spacial score (nSPS) is 8.85. The highest BCUT2D eigenvalue weighted by atomic mass is 14.1. The Labute approximate surface area is 124 Å². The first-order valence-electron chi connectivity index (χ1n) is 7.61. The van der Waals surface area contributed by atoms with Crippen LogP contribution in [-0.2, 0) is 6.42 Å². The van der Waals surface area contributed by atoms with Crippen LogP contribution in [0.3, 0.4) is 0 Å². The first kappa shape index (κ1) is 18.2. The molecule has 108 valence electrons. The fourth-order valence-electron chi connectivity index (χ4n) is 2.25. The molecule has 0 aliphatic heterocycles. The third-order valence-corrected chi connectivity index (χ3v) is 3.01. The first-order valence-corrected chi connectivity index (χ1v) is 7.61. The number of benzene rings is 2. The van der Waals surface area contributed by atoms with E-state index in [9.17, 15) is 0 Å². The monoisotopic (exact) mass is 268 g/mol. The van der Waals surface area contributed by atoms with E-state index >= 15 is 0 Å². The van der Waals surface area contributed by atoms with E-state index in [1.165, 1.54) is 27.5 Å². The summed E-state index contributed by atoms with van der Waals surface area (Å²) in [7, 11) is 0. The zero-order valence-corrected chi connectivity index (χ0v) is 13.7. The molecular formula is C20H28. The molecule has 0 nitrogen and oxygen atoms in total. The average Bonchev–Trinajstić information content (AvgIpc) is 2.56. The molecule has 0 saturated carbocycles. The molecule has 0 bridgehead atoms. The molecule has 2 aromatic rings. The standard InChI is InChI=1S/C16H16.2C2H6/c1-4-12-11-13-9-7-8-10-16(13)15(6-3)14(12)5-2;2*1-2/h4-5,7-11H,1-2,6H2,3H3;2*1-2H3. The summed E-state index contributed by atoms with van der Waals surface area (Å²) in [5.41, 5.74) is 3.75.